The van der Waals surface area contributed by atoms with Crippen LogP contribution >= 0.6 is 0 Å². The Morgan fingerprint density at radius 3 is 2.42 bits per heavy atom. The molecule has 0 saturated carbocycles. The van der Waals surface area contributed by atoms with E-state index in [-0.39, 0.29) is 0 Å². The van der Waals surface area contributed by atoms with Gasteiger partial charge < -0.3 is 4.42 Å². The predicted molar refractivity (Wildman–Crippen MR) is 91.1 cm³/mol. The number of benzene rings is 1. The second-order valence-corrected chi connectivity index (χ2v) is 8.50. The van der Waals surface area contributed by atoms with Gasteiger partial charge in [0.1, 0.15) is 6.26 Å². The van der Waals surface area contributed by atoms with Crippen molar-refractivity contribution in [1.29, 1.82) is 0 Å². The van der Waals surface area contributed by atoms with Crippen LogP contribution in [0.2, 0.25) is 0 Å². The highest BCUT2D eigenvalue weighted by Gasteiger charge is 2.23. The monoisotopic (exact) mass is 349 g/mol. The number of hydrogen-bond donors (Lipinski definition) is 0. The normalized spacial score (nSPS) is 17.5. The first kappa shape index (κ1) is 17.1. The van der Waals surface area contributed by atoms with Crippen LogP contribution in [-0.2, 0) is 16.6 Å². The van der Waals surface area contributed by atoms with Crippen LogP contribution in [-0.4, -0.2) is 49.8 Å². The maximum Gasteiger partial charge on any atom is 0.242 e. The summed E-state index contributed by atoms with van der Waals surface area (Å²) in [6.07, 6.45) is 5.40. The molecule has 0 unspecified atom stereocenters. The van der Waals surface area contributed by atoms with Gasteiger partial charge in [-0.1, -0.05) is 12.1 Å². The van der Waals surface area contributed by atoms with Crippen molar-refractivity contribution in [2.24, 2.45) is 0 Å². The van der Waals surface area contributed by atoms with E-state index in [0.29, 0.717) is 10.8 Å². The third-order valence-electron chi connectivity index (χ3n) is 4.50. The molecule has 130 valence electrons. The fourth-order valence-corrected chi connectivity index (χ4v) is 3.91. The molecule has 1 fully saturated rings. The van der Waals surface area contributed by atoms with E-state index in [4.69, 9.17) is 4.42 Å². The number of nitrogens with zero attached hydrogens (tertiary/aromatic N) is 3. The Morgan fingerprint density at radius 1 is 1.21 bits per heavy atom. The maximum absolute atomic E-state index is 12.1. The fraction of sp³-hybridized carbons (Fsp3) is 0.471. The topological polar surface area (TPSA) is 66.7 Å². The van der Waals surface area contributed by atoms with Crippen LogP contribution in [0.3, 0.4) is 0 Å². The van der Waals surface area contributed by atoms with Crippen LogP contribution in [0.25, 0.3) is 0 Å². The van der Waals surface area contributed by atoms with Gasteiger partial charge in [0, 0.05) is 26.6 Å². The summed E-state index contributed by atoms with van der Waals surface area (Å²) in [5.41, 5.74) is 1.13. The van der Waals surface area contributed by atoms with E-state index in [2.05, 4.69) is 9.88 Å². The molecule has 1 saturated heterocycles. The minimum absolute atomic E-state index is 0.332. The molecule has 0 radical (unpaired) electrons. The zero-order chi connectivity index (χ0) is 17.2. The minimum Gasteiger partial charge on any atom is -0.449 e. The molecule has 0 atom stereocenters. The summed E-state index contributed by atoms with van der Waals surface area (Å²) in [4.78, 5) is 6.97. The van der Waals surface area contributed by atoms with Gasteiger partial charge in [0.15, 0.2) is 5.89 Å². The number of sulfonamides is 1. The van der Waals surface area contributed by atoms with Crippen molar-refractivity contribution < 1.29 is 12.8 Å². The van der Waals surface area contributed by atoms with Gasteiger partial charge in [-0.15, -0.1) is 0 Å². The summed E-state index contributed by atoms with van der Waals surface area (Å²) in [5.74, 6) is 1.25. The molecule has 1 aromatic heterocycles. The average Bonchev–Trinajstić information content (AvgIpc) is 3.10. The van der Waals surface area contributed by atoms with Gasteiger partial charge in [-0.25, -0.2) is 17.7 Å². The third kappa shape index (κ3) is 3.68. The van der Waals surface area contributed by atoms with E-state index >= 15 is 0 Å². The van der Waals surface area contributed by atoms with Gasteiger partial charge in [-0.05, 0) is 43.6 Å². The van der Waals surface area contributed by atoms with E-state index in [9.17, 15) is 8.42 Å². The number of rotatable bonds is 5. The molecule has 2 aromatic rings. The standard InChI is InChI=1S/C17H23N3O3S/c1-19(2)24(21,22)16-5-3-14(4-6-16)13-20-10-7-15(8-11-20)17-18-9-12-23-17/h3-6,9,12,15H,7-8,10-11,13H2,1-2H3. The number of likely N-dealkylation sites (tertiary alicyclic amines) is 1. The second kappa shape index (κ2) is 7.04. The lowest BCUT2D eigenvalue weighted by Gasteiger charge is -2.30. The molecule has 0 amide bonds. The molecule has 3 rings (SSSR count). The Kier molecular flexibility index (Phi) is 5.03. The Balaban J connectivity index is 1.58. The van der Waals surface area contributed by atoms with Crippen molar-refractivity contribution in [1.82, 2.24) is 14.2 Å². The van der Waals surface area contributed by atoms with Crippen molar-refractivity contribution in [2.45, 2.75) is 30.2 Å². The number of piperidine rings is 1. The average molecular weight is 349 g/mol. The van der Waals surface area contributed by atoms with Crippen molar-refractivity contribution in [3.8, 4) is 0 Å². The lowest BCUT2D eigenvalue weighted by molar-refractivity contribution is 0.193. The molecule has 6 nitrogen and oxygen atoms in total. The quantitative estimate of drug-likeness (QED) is 0.829. The van der Waals surface area contributed by atoms with E-state index < -0.39 is 10.0 Å². The molecule has 24 heavy (non-hydrogen) atoms. The zero-order valence-corrected chi connectivity index (χ0v) is 14.9. The molecule has 0 N–H and O–H groups in total. The summed E-state index contributed by atoms with van der Waals surface area (Å²) < 4.78 is 30.8. The van der Waals surface area contributed by atoms with Crippen molar-refractivity contribution >= 4 is 10.0 Å². The van der Waals surface area contributed by atoms with Crippen LogP contribution in [0.15, 0.2) is 46.0 Å². The summed E-state index contributed by atoms with van der Waals surface area (Å²) in [5, 5.41) is 0. The first-order valence-electron chi connectivity index (χ1n) is 8.10. The largest absolute Gasteiger partial charge is 0.449 e. The summed E-state index contributed by atoms with van der Waals surface area (Å²) >= 11 is 0. The van der Waals surface area contributed by atoms with E-state index in [0.717, 1.165) is 43.9 Å². The maximum atomic E-state index is 12.1. The molecule has 2 heterocycles. The highest BCUT2D eigenvalue weighted by Crippen LogP contribution is 2.27. The van der Waals surface area contributed by atoms with Gasteiger partial charge in [0.25, 0.3) is 0 Å². The molecule has 7 heteroatoms. The Bertz CT molecular complexity index is 747. The zero-order valence-electron chi connectivity index (χ0n) is 14.1. The van der Waals surface area contributed by atoms with Gasteiger partial charge in [-0.2, -0.15) is 0 Å². The number of oxazole rings is 1. The highest BCUT2D eigenvalue weighted by atomic mass is 32.2. The summed E-state index contributed by atoms with van der Waals surface area (Å²) in [7, 11) is -0.271. The highest BCUT2D eigenvalue weighted by molar-refractivity contribution is 7.89. The van der Waals surface area contributed by atoms with Crippen LogP contribution < -0.4 is 0 Å². The van der Waals surface area contributed by atoms with Gasteiger partial charge >= 0.3 is 0 Å². The van der Waals surface area contributed by atoms with Crippen LogP contribution in [0.5, 0.6) is 0 Å². The Morgan fingerprint density at radius 2 is 1.88 bits per heavy atom. The molecular formula is C17H23N3O3S. The van der Waals surface area contributed by atoms with Crippen LogP contribution in [0, 0.1) is 0 Å². The fourth-order valence-electron chi connectivity index (χ4n) is 3.01. The third-order valence-corrected chi connectivity index (χ3v) is 6.33. The predicted octanol–water partition coefficient (Wildman–Crippen LogP) is 2.30. The molecule has 0 spiro atoms. The van der Waals surface area contributed by atoms with E-state index in [1.165, 1.54) is 4.31 Å². The van der Waals surface area contributed by atoms with E-state index in [1.54, 1.807) is 38.7 Å². The van der Waals surface area contributed by atoms with Crippen LogP contribution in [0.4, 0.5) is 0 Å². The Hall–Kier alpha value is -1.70. The second-order valence-electron chi connectivity index (χ2n) is 6.35. The van der Waals surface area contributed by atoms with Gasteiger partial charge in [0.05, 0.1) is 11.1 Å². The molecule has 1 aliphatic rings. The lowest BCUT2D eigenvalue weighted by atomic mass is 9.96. The SMILES string of the molecule is CN(C)S(=O)(=O)c1ccc(CN2CCC(c3ncco3)CC2)cc1. The molecule has 0 aliphatic carbocycles. The van der Waals surface area contributed by atoms with Gasteiger partial charge in [-0.3, -0.25) is 4.90 Å². The molecular weight excluding hydrogens is 326 g/mol. The summed E-state index contributed by atoms with van der Waals surface area (Å²) in [6, 6.07) is 7.17. The van der Waals surface area contributed by atoms with Gasteiger partial charge in [0.2, 0.25) is 10.0 Å². The van der Waals surface area contributed by atoms with Crippen molar-refractivity contribution in [3.05, 3.63) is 48.2 Å². The van der Waals surface area contributed by atoms with Crippen molar-refractivity contribution in [3.63, 3.8) is 0 Å². The van der Waals surface area contributed by atoms with E-state index in [1.807, 2.05) is 12.1 Å². The Labute approximate surface area is 143 Å². The van der Waals surface area contributed by atoms with Crippen LogP contribution in [0.1, 0.15) is 30.2 Å². The lowest BCUT2D eigenvalue weighted by Crippen LogP contribution is -2.32. The first-order valence-corrected chi connectivity index (χ1v) is 9.54. The molecule has 0 bridgehead atoms. The molecule has 1 aromatic carbocycles. The summed E-state index contributed by atoms with van der Waals surface area (Å²) in [6.45, 7) is 2.82. The number of hydrogen-bond acceptors (Lipinski definition) is 5. The molecule has 1 aliphatic heterocycles. The minimum atomic E-state index is -3.36. The van der Waals surface area contributed by atoms with Crippen molar-refractivity contribution in [2.75, 3.05) is 27.2 Å². The number of aromatic nitrogens is 1. The first-order chi connectivity index (χ1) is 11.5. The smallest absolute Gasteiger partial charge is 0.242 e.